The Bertz CT molecular complexity index is 202. The van der Waals surface area contributed by atoms with Crippen molar-refractivity contribution >= 4 is 18.6 Å². The summed E-state index contributed by atoms with van der Waals surface area (Å²) in [5.41, 5.74) is 0. The highest BCUT2D eigenvalue weighted by Crippen LogP contribution is 2.41. The van der Waals surface area contributed by atoms with Crippen molar-refractivity contribution in [2.45, 2.75) is 12.1 Å². The van der Waals surface area contributed by atoms with E-state index < -0.39 is 29.7 Å². The lowest BCUT2D eigenvalue weighted by Crippen LogP contribution is -2.47. The second-order valence-electron chi connectivity index (χ2n) is 2.19. The second kappa shape index (κ2) is 3.69. The van der Waals surface area contributed by atoms with Crippen LogP contribution in [-0.2, 0) is 4.79 Å². The summed E-state index contributed by atoms with van der Waals surface area (Å²) in [4.78, 5) is 9.99. The summed E-state index contributed by atoms with van der Waals surface area (Å²) in [6.45, 7) is 0. The third-order valence-corrected chi connectivity index (χ3v) is 1.66. The summed E-state index contributed by atoms with van der Waals surface area (Å²) < 4.78 is 59.3. The zero-order valence-electron chi connectivity index (χ0n) is 5.98. The van der Waals surface area contributed by atoms with Crippen LogP contribution in [0.1, 0.15) is 0 Å². The van der Waals surface area contributed by atoms with Gasteiger partial charge in [0, 0.05) is 5.75 Å². The smallest absolute Gasteiger partial charge is 0.454 e. The summed E-state index contributed by atoms with van der Waals surface area (Å²) in [6, 6.07) is 0. The standard InChI is InChI=1S/C5H5F5O2S/c6-4(7,5(8,9)10)2(1-13)3(11)12/h2,13H,1H2,(H,11,12)/t2-/m0/s1. The number of carboxylic acid groups (broad SMARTS) is 1. The molecule has 2 nitrogen and oxygen atoms in total. The molecule has 0 spiro atoms. The van der Waals surface area contributed by atoms with Crippen molar-refractivity contribution in [2.24, 2.45) is 5.92 Å². The van der Waals surface area contributed by atoms with Gasteiger partial charge in [0.05, 0.1) is 0 Å². The molecule has 0 fully saturated rings. The lowest BCUT2D eigenvalue weighted by atomic mass is 10.0. The normalized spacial score (nSPS) is 15.5. The molecule has 0 saturated carbocycles. The van der Waals surface area contributed by atoms with Crippen LogP contribution in [0.15, 0.2) is 0 Å². The van der Waals surface area contributed by atoms with E-state index in [2.05, 4.69) is 12.6 Å². The zero-order chi connectivity index (χ0) is 10.9. The van der Waals surface area contributed by atoms with Crippen LogP contribution >= 0.6 is 12.6 Å². The minimum Gasteiger partial charge on any atom is -0.481 e. The number of halogens is 5. The van der Waals surface area contributed by atoms with Crippen molar-refractivity contribution in [2.75, 3.05) is 5.75 Å². The number of carboxylic acids is 1. The summed E-state index contributed by atoms with van der Waals surface area (Å²) in [7, 11) is 0. The SMILES string of the molecule is O=C(O)[C@H](CS)C(F)(F)C(F)(F)F. The monoisotopic (exact) mass is 224 g/mol. The van der Waals surface area contributed by atoms with E-state index >= 15 is 0 Å². The fraction of sp³-hybridized carbons (Fsp3) is 0.800. The maximum Gasteiger partial charge on any atom is 0.454 e. The van der Waals surface area contributed by atoms with Gasteiger partial charge in [-0.05, 0) is 0 Å². The quantitative estimate of drug-likeness (QED) is 0.566. The lowest BCUT2D eigenvalue weighted by Gasteiger charge is -2.24. The Morgan fingerprint density at radius 1 is 1.31 bits per heavy atom. The van der Waals surface area contributed by atoms with Gasteiger partial charge in [-0.3, -0.25) is 4.79 Å². The van der Waals surface area contributed by atoms with Crippen molar-refractivity contribution in [1.29, 1.82) is 0 Å². The molecule has 0 unspecified atom stereocenters. The van der Waals surface area contributed by atoms with Crippen molar-refractivity contribution in [3.8, 4) is 0 Å². The number of aliphatic carboxylic acids is 1. The molecule has 0 heterocycles. The molecule has 8 heteroatoms. The Kier molecular flexibility index (Phi) is 3.54. The largest absolute Gasteiger partial charge is 0.481 e. The first-order valence-corrected chi connectivity index (χ1v) is 3.56. The molecule has 0 aromatic carbocycles. The molecule has 0 aliphatic heterocycles. The number of hydrogen-bond donors (Lipinski definition) is 2. The first-order valence-electron chi connectivity index (χ1n) is 2.92. The van der Waals surface area contributed by atoms with Crippen molar-refractivity contribution < 1.29 is 31.9 Å². The third kappa shape index (κ3) is 2.45. The van der Waals surface area contributed by atoms with Gasteiger partial charge in [0.1, 0.15) is 5.92 Å². The molecule has 0 radical (unpaired) electrons. The number of carbonyl (C=O) groups is 1. The summed E-state index contributed by atoms with van der Waals surface area (Å²) in [5, 5.41) is 8.04. The van der Waals surface area contributed by atoms with E-state index in [0.29, 0.717) is 0 Å². The average molecular weight is 224 g/mol. The van der Waals surface area contributed by atoms with E-state index in [0.717, 1.165) is 0 Å². The molecule has 0 aliphatic rings. The van der Waals surface area contributed by atoms with Crippen molar-refractivity contribution in [1.82, 2.24) is 0 Å². The van der Waals surface area contributed by atoms with E-state index in [9.17, 15) is 26.7 Å². The molecule has 78 valence electrons. The Morgan fingerprint density at radius 3 is 1.77 bits per heavy atom. The first-order chi connectivity index (χ1) is 5.64. The molecule has 0 amide bonds. The van der Waals surface area contributed by atoms with Gasteiger partial charge in [-0.1, -0.05) is 0 Å². The van der Waals surface area contributed by atoms with Crippen LogP contribution in [0, 0.1) is 5.92 Å². The molecule has 0 aliphatic carbocycles. The predicted molar refractivity (Wildman–Crippen MR) is 36.0 cm³/mol. The third-order valence-electron chi connectivity index (χ3n) is 1.30. The lowest BCUT2D eigenvalue weighted by molar-refractivity contribution is -0.298. The first kappa shape index (κ1) is 12.5. The summed E-state index contributed by atoms with van der Waals surface area (Å²) in [5.74, 6) is -11.4. The van der Waals surface area contributed by atoms with Gasteiger partial charge < -0.3 is 5.11 Å². The topological polar surface area (TPSA) is 37.3 Å². The zero-order valence-corrected chi connectivity index (χ0v) is 6.87. The van der Waals surface area contributed by atoms with E-state index in [1.165, 1.54) is 0 Å². The van der Waals surface area contributed by atoms with Gasteiger partial charge in [0.25, 0.3) is 0 Å². The average Bonchev–Trinajstić information content (AvgIpc) is 1.83. The van der Waals surface area contributed by atoms with E-state index in [1.807, 2.05) is 0 Å². The Balaban J connectivity index is 4.89. The second-order valence-corrected chi connectivity index (χ2v) is 2.56. The minimum absolute atomic E-state index is 1.08. The molecular weight excluding hydrogens is 219 g/mol. The van der Waals surface area contributed by atoms with Crippen LogP contribution < -0.4 is 0 Å². The minimum atomic E-state index is -5.86. The number of alkyl halides is 5. The number of hydrogen-bond acceptors (Lipinski definition) is 2. The van der Waals surface area contributed by atoms with Gasteiger partial charge in [0.15, 0.2) is 0 Å². The van der Waals surface area contributed by atoms with Gasteiger partial charge in [-0.2, -0.15) is 34.6 Å². The highest BCUT2D eigenvalue weighted by Gasteiger charge is 2.64. The van der Waals surface area contributed by atoms with Gasteiger partial charge in [-0.25, -0.2) is 0 Å². The molecule has 0 bridgehead atoms. The molecule has 0 saturated heterocycles. The maximum atomic E-state index is 12.3. The summed E-state index contributed by atoms with van der Waals surface area (Å²) in [6.07, 6.45) is -5.86. The van der Waals surface area contributed by atoms with Crippen LogP contribution in [0.2, 0.25) is 0 Å². The highest BCUT2D eigenvalue weighted by molar-refractivity contribution is 7.80. The summed E-state index contributed by atoms with van der Waals surface area (Å²) >= 11 is 3.12. The fourth-order valence-corrected chi connectivity index (χ4v) is 0.931. The van der Waals surface area contributed by atoms with Crippen LogP contribution in [0.5, 0.6) is 0 Å². The van der Waals surface area contributed by atoms with Crippen LogP contribution in [0.25, 0.3) is 0 Å². The number of rotatable bonds is 3. The molecule has 0 aromatic heterocycles. The molecule has 1 N–H and O–H groups in total. The van der Waals surface area contributed by atoms with Gasteiger partial charge >= 0.3 is 18.1 Å². The van der Waals surface area contributed by atoms with E-state index in [4.69, 9.17) is 5.11 Å². The Morgan fingerprint density at radius 2 is 1.69 bits per heavy atom. The van der Waals surface area contributed by atoms with Crippen LogP contribution in [-0.4, -0.2) is 28.9 Å². The van der Waals surface area contributed by atoms with Crippen LogP contribution in [0.3, 0.4) is 0 Å². The predicted octanol–water partition coefficient (Wildman–Crippen LogP) is 1.81. The Labute approximate surface area is 75.1 Å². The van der Waals surface area contributed by atoms with E-state index in [1.54, 1.807) is 0 Å². The molecule has 13 heavy (non-hydrogen) atoms. The van der Waals surface area contributed by atoms with Crippen molar-refractivity contribution in [3.05, 3.63) is 0 Å². The Hall–Kier alpha value is -0.530. The maximum absolute atomic E-state index is 12.3. The number of thiol groups is 1. The molecule has 0 rings (SSSR count). The van der Waals surface area contributed by atoms with Crippen LogP contribution in [0.4, 0.5) is 22.0 Å². The van der Waals surface area contributed by atoms with E-state index in [-0.39, 0.29) is 0 Å². The molecule has 0 aromatic rings. The van der Waals surface area contributed by atoms with Gasteiger partial charge in [0.2, 0.25) is 0 Å². The highest BCUT2D eigenvalue weighted by atomic mass is 32.1. The molecule has 1 atom stereocenters. The van der Waals surface area contributed by atoms with Crippen molar-refractivity contribution in [3.63, 3.8) is 0 Å². The fourth-order valence-electron chi connectivity index (χ4n) is 0.545. The molecular formula is C5H5F5O2S. The van der Waals surface area contributed by atoms with Gasteiger partial charge in [-0.15, -0.1) is 0 Å².